The lowest BCUT2D eigenvalue weighted by Crippen LogP contribution is -2.47. The number of carbonyl (C=O) groups is 1. The fraction of sp³-hybridized carbons (Fsp3) is 0.688. The van der Waals surface area contributed by atoms with Crippen molar-refractivity contribution < 1.29 is 4.79 Å². The monoisotopic (exact) mass is 275 g/mol. The highest BCUT2D eigenvalue weighted by atomic mass is 16.2. The Balaban J connectivity index is 1.82. The van der Waals surface area contributed by atoms with Crippen LogP contribution in [0.2, 0.25) is 0 Å². The zero-order valence-electron chi connectivity index (χ0n) is 12.6. The Hall–Kier alpha value is -1.29. The topological polar surface area (TPSA) is 28.5 Å². The zero-order chi connectivity index (χ0) is 14.2. The van der Waals surface area contributed by atoms with E-state index in [9.17, 15) is 4.79 Å². The third-order valence-corrected chi connectivity index (χ3v) is 5.06. The van der Waals surface area contributed by atoms with E-state index in [0.29, 0.717) is 0 Å². The molecule has 110 valence electrons. The largest absolute Gasteiger partial charge is 0.356 e. The second kappa shape index (κ2) is 5.24. The van der Waals surface area contributed by atoms with Crippen LogP contribution in [0.25, 0.3) is 0 Å². The van der Waals surface area contributed by atoms with Crippen molar-refractivity contribution in [3.63, 3.8) is 0 Å². The number of nitrogens with zero attached hydrogens (tertiary/aromatic N) is 3. The number of hydrogen-bond donors (Lipinski definition) is 0. The van der Waals surface area contributed by atoms with E-state index in [4.69, 9.17) is 0 Å². The summed E-state index contributed by atoms with van der Waals surface area (Å²) in [4.78, 5) is 17.4. The van der Waals surface area contributed by atoms with Crippen LogP contribution < -0.4 is 0 Å². The van der Waals surface area contributed by atoms with Gasteiger partial charge in [0.15, 0.2) is 0 Å². The van der Waals surface area contributed by atoms with E-state index in [0.717, 1.165) is 44.5 Å². The zero-order valence-corrected chi connectivity index (χ0v) is 12.6. The molecule has 0 N–H and O–H groups in total. The molecule has 0 unspecified atom stereocenters. The van der Waals surface area contributed by atoms with E-state index < -0.39 is 0 Å². The van der Waals surface area contributed by atoms with Gasteiger partial charge in [-0.3, -0.25) is 4.79 Å². The van der Waals surface area contributed by atoms with Crippen LogP contribution in [0, 0.1) is 0 Å². The molecule has 3 heterocycles. The molecule has 1 atom stereocenters. The molecule has 1 amide bonds. The summed E-state index contributed by atoms with van der Waals surface area (Å²) in [6.45, 7) is 3.20. The van der Waals surface area contributed by atoms with Crippen LogP contribution in [-0.2, 0) is 7.05 Å². The summed E-state index contributed by atoms with van der Waals surface area (Å²) < 4.78 is 1.96. The Morgan fingerprint density at radius 1 is 1.10 bits per heavy atom. The number of hydrogen-bond acceptors (Lipinski definition) is 2. The van der Waals surface area contributed by atoms with Crippen molar-refractivity contribution >= 4 is 5.91 Å². The van der Waals surface area contributed by atoms with E-state index in [1.165, 1.54) is 12.8 Å². The molecule has 2 aliphatic heterocycles. The van der Waals surface area contributed by atoms with Gasteiger partial charge in [-0.1, -0.05) is 0 Å². The summed E-state index contributed by atoms with van der Waals surface area (Å²) in [5, 5.41) is 0. The number of carbonyl (C=O) groups excluding carboxylic acids is 1. The van der Waals surface area contributed by atoms with Gasteiger partial charge in [0.2, 0.25) is 0 Å². The summed E-state index contributed by atoms with van der Waals surface area (Å²) >= 11 is 0. The van der Waals surface area contributed by atoms with E-state index in [-0.39, 0.29) is 11.4 Å². The smallest absolute Gasteiger partial charge is 0.255 e. The fourth-order valence-electron chi connectivity index (χ4n) is 3.87. The summed E-state index contributed by atoms with van der Waals surface area (Å²) in [6, 6.07) is 1.94. The molecule has 0 aromatic carbocycles. The lowest BCUT2D eigenvalue weighted by molar-refractivity contribution is 0.0560. The minimum absolute atomic E-state index is 0.123. The average Bonchev–Trinajstić information content (AvgIpc) is 2.98. The van der Waals surface area contributed by atoms with Gasteiger partial charge < -0.3 is 14.4 Å². The van der Waals surface area contributed by atoms with Gasteiger partial charge in [0.1, 0.15) is 0 Å². The van der Waals surface area contributed by atoms with Crippen LogP contribution in [0.3, 0.4) is 0 Å². The normalized spacial score (nSPS) is 28.0. The Morgan fingerprint density at radius 2 is 1.85 bits per heavy atom. The van der Waals surface area contributed by atoms with Crippen molar-refractivity contribution in [1.29, 1.82) is 0 Å². The first-order valence-electron chi connectivity index (χ1n) is 7.73. The molecule has 0 saturated carbocycles. The number of amides is 1. The van der Waals surface area contributed by atoms with Crippen molar-refractivity contribution in [1.82, 2.24) is 14.4 Å². The van der Waals surface area contributed by atoms with E-state index in [1.54, 1.807) is 0 Å². The molecule has 1 aromatic heterocycles. The number of aromatic nitrogens is 1. The summed E-state index contributed by atoms with van der Waals surface area (Å²) in [5.41, 5.74) is 0.962. The fourth-order valence-corrected chi connectivity index (χ4v) is 3.87. The van der Waals surface area contributed by atoms with Gasteiger partial charge in [-0.15, -0.1) is 0 Å². The SMILES string of the molecule is CN1CCC[C@@]2(CCCN2C(=O)c2ccn(C)c2)CC1. The molecule has 4 heteroatoms. The molecule has 0 aliphatic carbocycles. The highest BCUT2D eigenvalue weighted by Crippen LogP contribution is 2.39. The lowest BCUT2D eigenvalue weighted by Gasteiger charge is -2.38. The predicted octanol–water partition coefficient (Wildman–Crippen LogP) is 2.12. The Labute approximate surface area is 121 Å². The molecule has 20 heavy (non-hydrogen) atoms. The molecule has 2 fully saturated rings. The molecule has 0 bridgehead atoms. The van der Waals surface area contributed by atoms with Crippen molar-refractivity contribution in [3.8, 4) is 0 Å². The van der Waals surface area contributed by atoms with Gasteiger partial charge in [-0.25, -0.2) is 0 Å². The summed E-state index contributed by atoms with van der Waals surface area (Å²) in [7, 11) is 4.16. The molecule has 1 aromatic rings. The van der Waals surface area contributed by atoms with E-state index in [2.05, 4.69) is 16.8 Å². The van der Waals surface area contributed by atoms with Gasteiger partial charge in [0.05, 0.1) is 5.56 Å². The van der Waals surface area contributed by atoms with Gasteiger partial charge in [0.25, 0.3) is 5.91 Å². The maximum Gasteiger partial charge on any atom is 0.255 e. The van der Waals surface area contributed by atoms with Gasteiger partial charge in [-0.2, -0.15) is 0 Å². The Kier molecular flexibility index (Phi) is 3.59. The van der Waals surface area contributed by atoms with E-state index >= 15 is 0 Å². The third kappa shape index (κ3) is 2.37. The molecular formula is C16H25N3O. The van der Waals surface area contributed by atoms with Crippen LogP contribution in [-0.4, -0.2) is 52.5 Å². The minimum Gasteiger partial charge on any atom is -0.356 e. The number of likely N-dealkylation sites (tertiary alicyclic amines) is 2. The standard InChI is InChI=1S/C16H25N3O/c1-17-9-3-6-16(8-12-17)7-4-10-19(16)15(20)14-5-11-18(2)13-14/h5,11,13H,3-4,6-10,12H2,1-2H3/t16-/m1/s1. The highest BCUT2D eigenvalue weighted by molar-refractivity contribution is 5.94. The highest BCUT2D eigenvalue weighted by Gasteiger charge is 2.44. The third-order valence-electron chi connectivity index (χ3n) is 5.06. The van der Waals surface area contributed by atoms with Crippen LogP contribution in [0.1, 0.15) is 42.5 Å². The van der Waals surface area contributed by atoms with Gasteiger partial charge in [0, 0.05) is 38.1 Å². The first-order chi connectivity index (χ1) is 9.61. The van der Waals surface area contributed by atoms with Crippen LogP contribution in [0.5, 0.6) is 0 Å². The van der Waals surface area contributed by atoms with Crippen LogP contribution in [0.4, 0.5) is 0 Å². The first-order valence-corrected chi connectivity index (χ1v) is 7.73. The maximum absolute atomic E-state index is 12.8. The second-order valence-corrected chi connectivity index (χ2v) is 6.51. The minimum atomic E-state index is 0.123. The summed E-state index contributed by atoms with van der Waals surface area (Å²) in [6.07, 6.45) is 9.72. The van der Waals surface area contributed by atoms with Crippen molar-refractivity contribution in [2.45, 2.75) is 37.6 Å². The van der Waals surface area contributed by atoms with Gasteiger partial charge >= 0.3 is 0 Å². The number of rotatable bonds is 1. The number of aryl methyl sites for hydroxylation is 1. The quantitative estimate of drug-likeness (QED) is 0.785. The molecule has 0 radical (unpaired) electrons. The van der Waals surface area contributed by atoms with Gasteiger partial charge in [-0.05, 0) is 51.8 Å². The molecule has 2 saturated heterocycles. The molecule has 1 spiro atoms. The van der Waals surface area contributed by atoms with Crippen LogP contribution >= 0.6 is 0 Å². The first kappa shape index (κ1) is 13.7. The lowest BCUT2D eigenvalue weighted by atomic mass is 9.87. The van der Waals surface area contributed by atoms with Crippen molar-refractivity contribution in [2.75, 3.05) is 26.7 Å². The Bertz CT molecular complexity index is 496. The second-order valence-electron chi connectivity index (χ2n) is 6.51. The molecular weight excluding hydrogens is 250 g/mol. The van der Waals surface area contributed by atoms with Crippen molar-refractivity contribution in [3.05, 3.63) is 24.0 Å². The predicted molar refractivity (Wildman–Crippen MR) is 79.8 cm³/mol. The maximum atomic E-state index is 12.8. The molecule has 3 rings (SSSR count). The van der Waals surface area contributed by atoms with Crippen LogP contribution in [0.15, 0.2) is 18.5 Å². The van der Waals surface area contributed by atoms with Crippen molar-refractivity contribution in [2.24, 2.45) is 7.05 Å². The molecule has 4 nitrogen and oxygen atoms in total. The Morgan fingerprint density at radius 3 is 2.55 bits per heavy atom. The molecule has 2 aliphatic rings. The summed E-state index contributed by atoms with van der Waals surface area (Å²) in [5.74, 6) is 0.229. The van der Waals surface area contributed by atoms with E-state index in [1.807, 2.05) is 30.1 Å². The average molecular weight is 275 g/mol.